The van der Waals surface area contributed by atoms with Gasteiger partial charge in [-0.05, 0) is 81.7 Å². The molecular formula is C27H33FN6O. The minimum absolute atomic E-state index is 0.0992. The van der Waals surface area contributed by atoms with E-state index in [2.05, 4.69) is 51.0 Å². The number of aromatic nitrogens is 4. The number of nitrogens with zero attached hydrogens (tertiary/aromatic N) is 5. The molecule has 5 fully saturated rings. The first kappa shape index (κ1) is 21.7. The third kappa shape index (κ3) is 3.48. The van der Waals surface area contributed by atoms with Gasteiger partial charge in [0.1, 0.15) is 6.17 Å². The zero-order chi connectivity index (χ0) is 23.7. The molecule has 8 heteroatoms. The van der Waals surface area contributed by atoms with Crippen molar-refractivity contribution in [3.05, 3.63) is 41.3 Å². The molecule has 1 N–H and O–H groups in total. The Bertz CT molecular complexity index is 1270. The maximum atomic E-state index is 15.4. The van der Waals surface area contributed by atoms with Crippen LogP contribution in [0.1, 0.15) is 54.8 Å². The second-order valence-electron chi connectivity index (χ2n) is 11.3. The van der Waals surface area contributed by atoms with Crippen LogP contribution in [0.5, 0.6) is 0 Å². The number of piperidine rings is 1. The molecule has 7 nitrogen and oxygen atoms in total. The van der Waals surface area contributed by atoms with Gasteiger partial charge in [0.2, 0.25) is 5.95 Å². The van der Waals surface area contributed by atoms with Crippen LogP contribution in [0.15, 0.2) is 24.5 Å². The highest BCUT2D eigenvalue weighted by Gasteiger charge is 2.59. The fraction of sp³-hybridized carbons (Fsp3) is 0.593. The Labute approximate surface area is 205 Å². The number of hydrogen-bond acceptors (Lipinski definition) is 6. The first-order valence-electron chi connectivity index (χ1n) is 13.0. The van der Waals surface area contributed by atoms with E-state index in [0.717, 1.165) is 71.9 Å². The highest BCUT2D eigenvalue weighted by molar-refractivity contribution is 5.81. The zero-order valence-electron chi connectivity index (χ0n) is 20.5. The minimum Gasteiger partial charge on any atom is -0.380 e. The quantitative estimate of drug-likeness (QED) is 0.580. The van der Waals surface area contributed by atoms with E-state index in [4.69, 9.17) is 9.72 Å². The average Bonchev–Trinajstić information content (AvgIpc) is 3.44. The van der Waals surface area contributed by atoms with Crippen LogP contribution in [0.25, 0.3) is 10.9 Å². The largest absolute Gasteiger partial charge is 0.380 e. The zero-order valence-corrected chi connectivity index (χ0v) is 20.5. The standard InChI is InChI=1S/C27H33FN6O/c1-16-7-19-12-29-26(32-25-13-30-34(17(25)2)27-9-18(10-27)11-27)31-24(19)8-22(16)21-3-5-33(14-23(21)28)20-4-6-35-15-20/h7-8,12-13,18,20-21,23H,3-6,9-11,14-15H2,1-2H3,(H,29,31,32)/t18?,20-,21+,23-,27?/m1/s1. The van der Waals surface area contributed by atoms with Gasteiger partial charge in [0.15, 0.2) is 0 Å². The minimum atomic E-state index is -0.884. The molecule has 0 spiro atoms. The lowest BCUT2D eigenvalue weighted by molar-refractivity contribution is -0.0990. The molecule has 4 heterocycles. The summed E-state index contributed by atoms with van der Waals surface area (Å²) < 4.78 is 23.1. The van der Waals surface area contributed by atoms with Gasteiger partial charge in [-0.2, -0.15) is 5.10 Å². The summed E-state index contributed by atoms with van der Waals surface area (Å²) in [6.07, 6.45) is 8.47. The van der Waals surface area contributed by atoms with E-state index >= 15 is 4.39 Å². The Morgan fingerprint density at radius 1 is 1.14 bits per heavy atom. The number of aryl methyl sites for hydroxylation is 1. The molecule has 2 saturated heterocycles. The number of likely N-dealkylation sites (tertiary alicyclic amines) is 1. The molecule has 3 atom stereocenters. The number of anilines is 2. The van der Waals surface area contributed by atoms with Crippen molar-refractivity contribution >= 4 is 22.5 Å². The van der Waals surface area contributed by atoms with Gasteiger partial charge < -0.3 is 10.1 Å². The molecule has 3 aliphatic carbocycles. The fourth-order valence-electron chi connectivity index (χ4n) is 6.91. The summed E-state index contributed by atoms with van der Waals surface area (Å²) in [6.45, 7) is 7.12. The number of halogens is 1. The Kier molecular flexibility index (Phi) is 4.93. The number of benzene rings is 1. The second-order valence-corrected chi connectivity index (χ2v) is 11.3. The Morgan fingerprint density at radius 3 is 2.71 bits per heavy atom. The first-order valence-corrected chi connectivity index (χ1v) is 13.0. The van der Waals surface area contributed by atoms with E-state index in [-0.39, 0.29) is 11.5 Å². The fourth-order valence-corrected chi connectivity index (χ4v) is 6.91. The van der Waals surface area contributed by atoms with E-state index in [1.54, 1.807) is 0 Å². The molecule has 35 heavy (non-hydrogen) atoms. The van der Waals surface area contributed by atoms with Crippen molar-refractivity contribution in [2.24, 2.45) is 5.92 Å². The number of rotatable bonds is 5. The van der Waals surface area contributed by atoms with Gasteiger partial charge in [-0.1, -0.05) is 0 Å². The molecule has 1 aromatic carbocycles. The van der Waals surface area contributed by atoms with E-state index in [1.807, 2.05) is 12.4 Å². The number of hydrogen-bond donors (Lipinski definition) is 1. The SMILES string of the molecule is Cc1cc2cnc(Nc3cnn(C45CC(C4)C5)c3C)nc2cc1[C@@H]1CCN([C@@H]2CCOC2)C[C@H]1F. The maximum absolute atomic E-state index is 15.4. The topological polar surface area (TPSA) is 68.1 Å². The predicted octanol–water partition coefficient (Wildman–Crippen LogP) is 4.61. The van der Waals surface area contributed by atoms with Crippen molar-refractivity contribution in [1.82, 2.24) is 24.6 Å². The lowest BCUT2D eigenvalue weighted by Crippen LogP contribution is -2.60. The number of nitrogens with one attached hydrogen (secondary N) is 1. The van der Waals surface area contributed by atoms with Crippen LogP contribution in [-0.4, -0.2) is 63.2 Å². The van der Waals surface area contributed by atoms with Crippen molar-refractivity contribution < 1.29 is 9.13 Å². The van der Waals surface area contributed by atoms with E-state index in [1.165, 1.54) is 19.3 Å². The Hall–Kier alpha value is -2.58. The van der Waals surface area contributed by atoms with Crippen LogP contribution >= 0.6 is 0 Å². The lowest BCUT2D eigenvalue weighted by atomic mass is 9.50. The molecule has 2 aromatic heterocycles. The molecule has 184 valence electrons. The summed E-state index contributed by atoms with van der Waals surface area (Å²) >= 11 is 0. The molecule has 8 rings (SSSR count). The monoisotopic (exact) mass is 476 g/mol. The van der Waals surface area contributed by atoms with Crippen molar-refractivity contribution in [3.8, 4) is 0 Å². The van der Waals surface area contributed by atoms with E-state index in [0.29, 0.717) is 18.5 Å². The molecule has 0 radical (unpaired) electrons. The summed E-state index contributed by atoms with van der Waals surface area (Å²) in [4.78, 5) is 11.7. The van der Waals surface area contributed by atoms with Gasteiger partial charge in [-0.25, -0.2) is 14.4 Å². The van der Waals surface area contributed by atoms with Gasteiger partial charge in [-0.15, -0.1) is 0 Å². The van der Waals surface area contributed by atoms with E-state index in [9.17, 15) is 0 Å². The van der Waals surface area contributed by atoms with Gasteiger partial charge in [0, 0.05) is 36.7 Å². The maximum Gasteiger partial charge on any atom is 0.227 e. The third-order valence-corrected chi connectivity index (χ3v) is 9.07. The summed E-state index contributed by atoms with van der Waals surface area (Å²) in [7, 11) is 0. The van der Waals surface area contributed by atoms with Crippen LogP contribution in [0.4, 0.5) is 16.0 Å². The van der Waals surface area contributed by atoms with Crippen molar-refractivity contribution in [1.29, 1.82) is 0 Å². The molecule has 2 bridgehead atoms. The Balaban J connectivity index is 1.13. The van der Waals surface area contributed by atoms with E-state index < -0.39 is 6.17 Å². The summed E-state index contributed by atoms with van der Waals surface area (Å²) in [5.74, 6) is 1.36. The van der Waals surface area contributed by atoms with Crippen LogP contribution in [0.2, 0.25) is 0 Å². The van der Waals surface area contributed by atoms with Gasteiger partial charge in [0.25, 0.3) is 0 Å². The molecule has 0 amide bonds. The molecular weight excluding hydrogens is 443 g/mol. The first-order chi connectivity index (χ1) is 17.0. The number of ether oxygens (including phenoxy) is 1. The van der Waals surface area contributed by atoms with Crippen molar-refractivity contribution in [2.45, 2.75) is 69.6 Å². The lowest BCUT2D eigenvalue weighted by Gasteiger charge is -2.61. The average molecular weight is 477 g/mol. The predicted molar refractivity (Wildman–Crippen MR) is 133 cm³/mol. The van der Waals surface area contributed by atoms with Crippen LogP contribution in [-0.2, 0) is 10.3 Å². The molecule has 0 unspecified atom stereocenters. The summed E-state index contributed by atoms with van der Waals surface area (Å²) in [5, 5.41) is 9.05. The summed E-state index contributed by atoms with van der Waals surface area (Å²) in [6, 6.07) is 4.56. The Morgan fingerprint density at radius 2 is 2.00 bits per heavy atom. The van der Waals surface area contributed by atoms with Crippen molar-refractivity contribution in [2.75, 3.05) is 31.6 Å². The molecule has 5 aliphatic rings. The normalized spacial score (nSPS) is 32.4. The highest BCUT2D eigenvalue weighted by atomic mass is 19.1. The van der Waals surface area contributed by atoms with Crippen LogP contribution in [0, 0.1) is 19.8 Å². The number of fused-ring (bicyclic) bond motifs is 1. The van der Waals surface area contributed by atoms with Crippen molar-refractivity contribution in [3.63, 3.8) is 0 Å². The molecule has 2 aliphatic heterocycles. The third-order valence-electron chi connectivity index (χ3n) is 9.07. The smallest absolute Gasteiger partial charge is 0.227 e. The highest BCUT2D eigenvalue weighted by Crippen LogP contribution is 2.62. The summed E-state index contributed by atoms with van der Waals surface area (Å²) in [5.41, 5.74) is 5.39. The second kappa shape index (κ2) is 7.96. The van der Waals surface area contributed by atoms with Crippen LogP contribution < -0.4 is 5.32 Å². The van der Waals surface area contributed by atoms with Gasteiger partial charge in [-0.3, -0.25) is 9.58 Å². The van der Waals surface area contributed by atoms with Gasteiger partial charge in [0.05, 0.1) is 35.2 Å². The van der Waals surface area contributed by atoms with Gasteiger partial charge >= 0.3 is 0 Å². The van der Waals surface area contributed by atoms with Crippen LogP contribution in [0.3, 0.4) is 0 Å². The molecule has 3 saturated carbocycles. The number of alkyl halides is 1. The molecule has 3 aromatic rings.